The lowest BCUT2D eigenvalue weighted by atomic mass is 10.0. The van der Waals surface area contributed by atoms with Crippen LogP contribution >= 0.6 is 0 Å². The monoisotopic (exact) mass is 246 g/mol. The van der Waals surface area contributed by atoms with E-state index in [1.54, 1.807) is 0 Å². The molecule has 5 nitrogen and oxygen atoms in total. The van der Waals surface area contributed by atoms with E-state index >= 15 is 0 Å². The fourth-order valence-corrected chi connectivity index (χ4v) is 2.72. The van der Waals surface area contributed by atoms with Crippen LogP contribution in [0.3, 0.4) is 0 Å². The Labute approximate surface area is 106 Å². The zero-order valence-electron chi connectivity index (χ0n) is 10.6. The molecule has 0 spiro atoms. The highest BCUT2D eigenvalue weighted by atomic mass is 16.5. The molecule has 0 radical (unpaired) electrons. The predicted octanol–water partition coefficient (Wildman–Crippen LogP) is 1.74. The van der Waals surface area contributed by atoms with Gasteiger partial charge >= 0.3 is 0 Å². The van der Waals surface area contributed by atoms with Crippen molar-refractivity contribution in [1.29, 1.82) is 0 Å². The molecule has 0 aliphatic carbocycles. The second-order valence-corrected chi connectivity index (χ2v) is 4.63. The Morgan fingerprint density at radius 1 is 1.39 bits per heavy atom. The van der Waals surface area contributed by atoms with Gasteiger partial charge in [0.2, 0.25) is 0 Å². The third kappa shape index (κ3) is 2.00. The Morgan fingerprint density at radius 3 is 3.00 bits per heavy atom. The normalized spacial score (nSPS) is 19.2. The van der Waals surface area contributed by atoms with Crippen LogP contribution in [0.5, 0.6) is 0 Å². The van der Waals surface area contributed by atoms with Gasteiger partial charge in [0.25, 0.3) is 0 Å². The zero-order chi connectivity index (χ0) is 12.4. The Morgan fingerprint density at radius 2 is 2.22 bits per heavy atom. The summed E-state index contributed by atoms with van der Waals surface area (Å²) in [5.74, 6) is 0. The third-order valence-corrected chi connectivity index (χ3v) is 3.62. The molecule has 0 saturated carbocycles. The van der Waals surface area contributed by atoms with Gasteiger partial charge in [0.05, 0.1) is 18.7 Å². The number of fused-ring (bicyclic) bond motifs is 1. The summed E-state index contributed by atoms with van der Waals surface area (Å²) in [6.45, 7) is 5.86. The van der Waals surface area contributed by atoms with Gasteiger partial charge in [-0.05, 0) is 18.1 Å². The average molecular weight is 246 g/mol. The van der Waals surface area contributed by atoms with Crippen molar-refractivity contribution in [3.05, 3.63) is 23.8 Å². The number of aromatic nitrogens is 3. The molecule has 1 N–H and O–H groups in total. The number of H-pyrrole nitrogens is 1. The summed E-state index contributed by atoms with van der Waals surface area (Å²) in [5, 5.41) is 11.1. The number of benzene rings is 1. The minimum Gasteiger partial charge on any atom is -0.379 e. The van der Waals surface area contributed by atoms with Crippen molar-refractivity contribution in [1.82, 2.24) is 20.3 Å². The summed E-state index contributed by atoms with van der Waals surface area (Å²) in [5.41, 5.74) is 3.28. The van der Waals surface area contributed by atoms with E-state index in [1.165, 1.54) is 5.56 Å². The van der Waals surface area contributed by atoms with Crippen LogP contribution in [0.1, 0.15) is 24.9 Å². The van der Waals surface area contributed by atoms with Crippen LogP contribution in [-0.4, -0.2) is 46.6 Å². The summed E-state index contributed by atoms with van der Waals surface area (Å²) in [6.07, 6.45) is 1.08. The second kappa shape index (κ2) is 5.04. The van der Waals surface area contributed by atoms with Crippen molar-refractivity contribution >= 4 is 11.0 Å². The van der Waals surface area contributed by atoms with Crippen molar-refractivity contribution in [3.8, 4) is 0 Å². The van der Waals surface area contributed by atoms with Crippen molar-refractivity contribution in [2.24, 2.45) is 0 Å². The van der Waals surface area contributed by atoms with E-state index in [-0.39, 0.29) is 0 Å². The quantitative estimate of drug-likeness (QED) is 0.896. The highest BCUT2D eigenvalue weighted by Gasteiger charge is 2.23. The number of nitrogens with one attached hydrogen (secondary N) is 1. The van der Waals surface area contributed by atoms with Crippen molar-refractivity contribution in [3.63, 3.8) is 0 Å². The number of hydrogen-bond acceptors (Lipinski definition) is 4. The molecule has 2 heterocycles. The van der Waals surface area contributed by atoms with Crippen LogP contribution in [0.2, 0.25) is 0 Å². The maximum Gasteiger partial charge on any atom is 0.117 e. The third-order valence-electron chi connectivity index (χ3n) is 3.62. The summed E-state index contributed by atoms with van der Waals surface area (Å²) in [4.78, 5) is 2.48. The smallest absolute Gasteiger partial charge is 0.117 e. The van der Waals surface area contributed by atoms with E-state index < -0.39 is 0 Å². The SMILES string of the molecule is CCC(c1cccc2[nH]nnc12)N1CCOCC1. The Bertz CT molecular complexity index is 518. The molecule has 96 valence electrons. The van der Waals surface area contributed by atoms with Gasteiger partial charge in [-0.2, -0.15) is 0 Å². The number of aromatic amines is 1. The first-order valence-corrected chi connectivity index (χ1v) is 6.51. The summed E-state index contributed by atoms with van der Waals surface area (Å²) in [6, 6.07) is 6.66. The molecular weight excluding hydrogens is 228 g/mol. The maximum absolute atomic E-state index is 5.43. The summed E-state index contributed by atoms with van der Waals surface area (Å²) >= 11 is 0. The van der Waals surface area contributed by atoms with Gasteiger partial charge in [-0.1, -0.05) is 24.3 Å². The second-order valence-electron chi connectivity index (χ2n) is 4.63. The van der Waals surface area contributed by atoms with Crippen LogP contribution in [0.15, 0.2) is 18.2 Å². The van der Waals surface area contributed by atoms with Gasteiger partial charge in [0.1, 0.15) is 5.52 Å². The molecule has 1 aromatic heterocycles. The van der Waals surface area contributed by atoms with Crippen LogP contribution in [-0.2, 0) is 4.74 Å². The molecular formula is C13H18N4O. The minimum atomic E-state index is 0.405. The molecule has 1 atom stereocenters. The van der Waals surface area contributed by atoms with E-state index in [2.05, 4.69) is 39.4 Å². The first-order chi connectivity index (χ1) is 8.90. The van der Waals surface area contributed by atoms with Gasteiger partial charge in [0.15, 0.2) is 0 Å². The van der Waals surface area contributed by atoms with E-state index in [0.717, 1.165) is 43.8 Å². The van der Waals surface area contributed by atoms with Crippen LogP contribution in [0, 0.1) is 0 Å². The highest BCUT2D eigenvalue weighted by molar-refractivity contribution is 5.77. The molecule has 1 aliphatic rings. The first-order valence-electron chi connectivity index (χ1n) is 6.51. The standard InChI is InChI=1S/C13H18N4O/c1-2-12(17-6-8-18-9-7-17)10-4-3-5-11-13(10)15-16-14-11/h3-5,12H,2,6-9H2,1H3,(H,14,15,16). The van der Waals surface area contributed by atoms with Crippen molar-refractivity contribution < 1.29 is 4.74 Å². The molecule has 1 aliphatic heterocycles. The fourth-order valence-electron chi connectivity index (χ4n) is 2.72. The average Bonchev–Trinajstić information content (AvgIpc) is 2.90. The van der Waals surface area contributed by atoms with E-state index in [9.17, 15) is 0 Å². The van der Waals surface area contributed by atoms with Gasteiger partial charge in [-0.15, -0.1) is 5.10 Å². The van der Waals surface area contributed by atoms with E-state index in [4.69, 9.17) is 4.74 Å². The maximum atomic E-state index is 5.43. The topological polar surface area (TPSA) is 54.0 Å². The van der Waals surface area contributed by atoms with Crippen molar-refractivity contribution in [2.75, 3.05) is 26.3 Å². The van der Waals surface area contributed by atoms with Gasteiger partial charge < -0.3 is 4.74 Å². The van der Waals surface area contributed by atoms with Gasteiger partial charge in [-0.25, -0.2) is 0 Å². The molecule has 18 heavy (non-hydrogen) atoms. The zero-order valence-corrected chi connectivity index (χ0v) is 10.6. The highest BCUT2D eigenvalue weighted by Crippen LogP contribution is 2.29. The molecule has 5 heteroatoms. The van der Waals surface area contributed by atoms with Crippen LogP contribution in [0.25, 0.3) is 11.0 Å². The molecule has 1 fully saturated rings. The fraction of sp³-hybridized carbons (Fsp3) is 0.538. The van der Waals surface area contributed by atoms with Crippen LogP contribution in [0.4, 0.5) is 0 Å². The molecule has 1 unspecified atom stereocenters. The summed E-state index contributed by atoms with van der Waals surface area (Å²) in [7, 11) is 0. The number of ether oxygens (including phenoxy) is 1. The Kier molecular flexibility index (Phi) is 3.25. The Balaban J connectivity index is 1.97. The minimum absolute atomic E-state index is 0.405. The summed E-state index contributed by atoms with van der Waals surface area (Å²) < 4.78 is 5.43. The number of rotatable bonds is 3. The molecule has 0 bridgehead atoms. The first kappa shape index (κ1) is 11.6. The van der Waals surface area contributed by atoms with Crippen molar-refractivity contribution in [2.45, 2.75) is 19.4 Å². The molecule has 1 saturated heterocycles. The van der Waals surface area contributed by atoms with E-state index in [0.29, 0.717) is 6.04 Å². The number of nitrogens with zero attached hydrogens (tertiary/aromatic N) is 3. The van der Waals surface area contributed by atoms with Gasteiger partial charge in [-0.3, -0.25) is 10.00 Å². The number of hydrogen-bond donors (Lipinski definition) is 1. The lowest BCUT2D eigenvalue weighted by molar-refractivity contribution is 0.0155. The molecule has 2 aromatic rings. The van der Waals surface area contributed by atoms with Gasteiger partial charge in [0, 0.05) is 19.1 Å². The Hall–Kier alpha value is -1.46. The predicted molar refractivity (Wildman–Crippen MR) is 69.3 cm³/mol. The number of morpholine rings is 1. The van der Waals surface area contributed by atoms with E-state index in [1.807, 2.05) is 6.07 Å². The van der Waals surface area contributed by atoms with Crippen LogP contribution < -0.4 is 0 Å². The largest absolute Gasteiger partial charge is 0.379 e. The molecule has 0 amide bonds. The molecule has 1 aromatic carbocycles. The lowest BCUT2D eigenvalue weighted by Gasteiger charge is -2.34. The lowest BCUT2D eigenvalue weighted by Crippen LogP contribution is -2.38. The molecule has 3 rings (SSSR count).